The Morgan fingerprint density at radius 2 is 2.33 bits per heavy atom. The summed E-state index contributed by atoms with van der Waals surface area (Å²) in [4.78, 5) is 11.6. The molecular formula is C9H9NO3S2. The van der Waals surface area contributed by atoms with E-state index in [1.54, 1.807) is 11.4 Å². The first-order valence-corrected chi connectivity index (χ1v) is 6.61. The molecule has 0 bridgehead atoms. The second-order valence-corrected chi connectivity index (χ2v) is 6.18. The van der Waals surface area contributed by atoms with E-state index in [1.807, 2.05) is 0 Å². The number of hydrogen-bond acceptors (Lipinski definition) is 4. The Labute approximate surface area is 91.9 Å². The summed E-state index contributed by atoms with van der Waals surface area (Å²) >= 11 is 1.08. The summed E-state index contributed by atoms with van der Waals surface area (Å²) in [5.41, 5.74) is 0.320. The van der Waals surface area contributed by atoms with Crippen LogP contribution in [-0.4, -0.2) is 31.6 Å². The molecule has 0 aromatic carbocycles. The van der Waals surface area contributed by atoms with Crippen molar-refractivity contribution in [3.05, 3.63) is 29.7 Å². The van der Waals surface area contributed by atoms with Gasteiger partial charge in [-0.3, -0.25) is 4.79 Å². The van der Waals surface area contributed by atoms with E-state index >= 15 is 0 Å². The number of carbonyl (C=O) groups is 1. The van der Waals surface area contributed by atoms with Crippen LogP contribution in [0.25, 0.3) is 0 Å². The van der Waals surface area contributed by atoms with Crippen LogP contribution >= 0.6 is 11.3 Å². The summed E-state index contributed by atoms with van der Waals surface area (Å²) in [5.74, 6) is -0.150. The number of thiophene rings is 1. The third-order valence-corrected chi connectivity index (χ3v) is 5.43. The van der Waals surface area contributed by atoms with Gasteiger partial charge in [-0.2, -0.15) is 4.31 Å². The van der Waals surface area contributed by atoms with Gasteiger partial charge in [0.1, 0.15) is 4.21 Å². The Hall–Kier alpha value is -0.980. The van der Waals surface area contributed by atoms with Gasteiger partial charge in [-0.1, -0.05) is 6.08 Å². The predicted octanol–water partition coefficient (Wildman–Crippen LogP) is 1.12. The Bertz CT molecular complexity index is 515. The van der Waals surface area contributed by atoms with Gasteiger partial charge in [0, 0.05) is 12.1 Å². The molecule has 0 amide bonds. The lowest BCUT2D eigenvalue weighted by molar-refractivity contribution is 0.0961. The van der Waals surface area contributed by atoms with Crippen molar-refractivity contribution in [3.63, 3.8) is 0 Å². The van der Waals surface area contributed by atoms with E-state index in [0.717, 1.165) is 15.6 Å². The molecule has 15 heavy (non-hydrogen) atoms. The molecule has 6 heteroatoms. The van der Waals surface area contributed by atoms with Crippen molar-refractivity contribution in [1.82, 2.24) is 4.31 Å². The highest BCUT2D eigenvalue weighted by molar-refractivity contribution is 7.91. The number of carbonyl (C=O) groups excluding carboxylic acids is 1. The first-order valence-electron chi connectivity index (χ1n) is 4.29. The number of sulfonamides is 1. The molecule has 1 aliphatic rings. The summed E-state index contributed by atoms with van der Waals surface area (Å²) < 4.78 is 25.2. The fraction of sp³-hybridized carbons (Fsp3) is 0.222. The Balaban J connectivity index is 2.56. The van der Waals surface area contributed by atoms with Gasteiger partial charge in [0.05, 0.1) is 6.54 Å². The minimum Gasteiger partial charge on any atom is -0.293 e. The van der Waals surface area contributed by atoms with Crippen LogP contribution in [0.2, 0.25) is 0 Å². The number of ketones is 1. The van der Waals surface area contributed by atoms with Gasteiger partial charge in [0.2, 0.25) is 0 Å². The van der Waals surface area contributed by atoms with Crippen molar-refractivity contribution in [2.75, 3.05) is 13.1 Å². The quantitative estimate of drug-likeness (QED) is 0.731. The second-order valence-electron chi connectivity index (χ2n) is 3.13. The molecule has 80 valence electrons. The molecule has 4 nitrogen and oxygen atoms in total. The van der Waals surface area contributed by atoms with Crippen molar-refractivity contribution < 1.29 is 13.2 Å². The Kier molecular flexibility index (Phi) is 2.49. The second kappa shape index (κ2) is 3.55. The van der Waals surface area contributed by atoms with Crippen LogP contribution in [0, 0.1) is 0 Å². The summed E-state index contributed by atoms with van der Waals surface area (Å²) in [6, 6.07) is 1.56. The molecule has 0 saturated carbocycles. The summed E-state index contributed by atoms with van der Waals surface area (Å²) in [7, 11) is -3.47. The zero-order chi connectivity index (χ0) is 11.1. The molecule has 0 spiro atoms. The van der Waals surface area contributed by atoms with E-state index in [1.165, 1.54) is 6.08 Å². The minimum absolute atomic E-state index is 0.0852. The molecule has 0 aliphatic carbocycles. The van der Waals surface area contributed by atoms with Crippen LogP contribution in [0.1, 0.15) is 10.4 Å². The van der Waals surface area contributed by atoms with Crippen molar-refractivity contribution in [3.8, 4) is 0 Å². The largest absolute Gasteiger partial charge is 0.293 e. The van der Waals surface area contributed by atoms with Crippen LogP contribution in [-0.2, 0) is 10.0 Å². The van der Waals surface area contributed by atoms with Gasteiger partial charge in [-0.15, -0.1) is 17.9 Å². The van der Waals surface area contributed by atoms with E-state index in [4.69, 9.17) is 0 Å². The maximum atomic E-state index is 11.9. The number of fused-ring (bicyclic) bond motifs is 1. The SMILES string of the molecule is C=CCN1CC(=O)c2ccsc2S1(=O)=O. The Morgan fingerprint density at radius 3 is 3.00 bits per heavy atom. The third-order valence-electron chi connectivity index (χ3n) is 2.16. The van der Waals surface area contributed by atoms with Gasteiger partial charge in [-0.05, 0) is 11.4 Å². The summed E-state index contributed by atoms with van der Waals surface area (Å²) in [6.07, 6.45) is 1.48. The maximum absolute atomic E-state index is 11.9. The monoisotopic (exact) mass is 243 g/mol. The smallest absolute Gasteiger partial charge is 0.253 e. The number of rotatable bonds is 2. The van der Waals surface area contributed by atoms with E-state index in [0.29, 0.717) is 5.56 Å². The average molecular weight is 243 g/mol. The summed E-state index contributed by atoms with van der Waals surface area (Å²) in [6.45, 7) is 3.56. The van der Waals surface area contributed by atoms with E-state index in [2.05, 4.69) is 6.58 Å². The van der Waals surface area contributed by atoms with Crippen molar-refractivity contribution in [2.24, 2.45) is 0 Å². The molecular weight excluding hydrogens is 234 g/mol. The molecule has 0 fully saturated rings. The molecule has 0 saturated heterocycles. The molecule has 0 unspecified atom stereocenters. The van der Waals surface area contributed by atoms with Gasteiger partial charge in [0.15, 0.2) is 5.78 Å². The van der Waals surface area contributed by atoms with Crippen LogP contribution in [0.15, 0.2) is 28.3 Å². The van der Waals surface area contributed by atoms with E-state index in [-0.39, 0.29) is 23.1 Å². The van der Waals surface area contributed by atoms with Crippen molar-refractivity contribution in [2.45, 2.75) is 4.21 Å². The molecule has 1 aromatic rings. The highest BCUT2D eigenvalue weighted by Gasteiger charge is 2.36. The van der Waals surface area contributed by atoms with E-state index in [9.17, 15) is 13.2 Å². The fourth-order valence-corrected chi connectivity index (χ4v) is 4.35. The molecule has 1 aromatic heterocycles. The molecule has 0 atom stereocenters. The van der Waals surface area contributed by atoms with Crippen LogP contribution in [0.4, 0.5) is 0 Å². The zero-order valence-corrected chi connectivity index (χ0v) is 9.47. The average Bonchev–Trinajstić information content (AvgIpc) is 2.64. The molecule has 0 radical (unpaired) electrons. The first-order chi connectivity index (χ1) is 7.07. The number of hydrogen-bond donors (Lipinski definition) is 0. The first kappa shape index (κ1) is 10.5. The Morgan fingerprint density at radius 1 is 1.60 bits per heavy atom. The summed E-state index contributed by atoms with van der Waals surface area (Å²) in [5, 5.41) is 1.62. The van der Waals surface area contributed by atoms with Crippen molar-refractivity contribution in [1.29, 1.82) is 0 Å². The lowest BCUT2D eigenvalue weighted by atomic mass is 10.2. The topological polar surface area (TPSA) is 54.5 Å². The standard InChI is InChI=1S/C9H9NO3S2/c1-2-4-10-6-8(11)7-3-5-14-9(7)15(10,12)13/h2-3,5H,1,4,6H2. The lowest BCUT2D eigenvalue weighted by Crippen LogP contribution is -2.40. The van der Waals surface area contributed by atoms with E-state index < -0.39 is 10.0 Å². The normalized spacial score (nSPS) is 19.9. The third kappa shape index (κ3) is 1.54. The predicted molar refractivity (Wildman–Crippen MR) is 57.6 cm³/mol. The molecule has 2 heterocycles. The molecule has 0 N–H and O–H groups in total. The minimum atomic E-state index is -3.47. The molecule has 1 aliphatic heterocycles. The highest BCUT2D eigenvalue weighted by atomic mass is 32.2. The molecule has 2 rings (SSSR count). The van der Waals surface area contributed by atoms with Gasteiger partial charge in [0.25, 0.3) is 10.0 Å². The van der Waals surface area contributed by atoms with Crippen LogP contribution in [0.3, 0.4) is 0 Å². The highest BCUT2D eigenvalue weighted by Crippen LogP contribution is 2.30. The van der Waals surface area contributed by atoms with Crippen LogP contribution in [0.5, 0.6) is 0 Å². The maximum Gasteiger partial charge on any atom is 0.253 e. The van der Waals surface area contributed by atoms with Gasteiger partial charge in [-0.25, -0.2) is 8.42 Å². The van der Waals surface area contributed by atoms with Crippen molar-refractivity contribution >= 4 is 27.1 Å². The zero-order valence-electron chi connectivity index (χ0n) is 7.84. The lowest BCUT2D eigenvalue weighted by Gasteiger charge is -2.23. The number of Topliss-reactive ketones (excluding diaryl/α,β-unsaturated/α-hetero) is 1. The van der Waals surface area contributed by atoms with Crippen LogP contribution < -0.4 is 0 Å². The van der Waals surface area contributed by atoms with Gasteiger partial charge < -0.3 is 0 Å². The van der Waals surface area contributed by atoms with Gasteiger partial charge >= 0.3 is 0 Å². The fourth-order valence-electron chi connectivity index (χ4n) is 1.46. The number of nitrogens with zero attached hydrogens (tertiary/aromatic N) is 1.